The highest BCUT2D eigenvalue weighted by molar-refractivity contribution is 7.14. The van der Waals surface area contributed by atoms with Gasteiger partial charge in [0, 0.05) is 12.0 Å². The molecule has 5 heteroatoms. The SMILES string of the molecule is COc1cccc(-c2nnc(CCN)s2)c1. The molecular formula is C11H13N3OS. The minimum atomic E-state index is 0.604. The monoisotopic (exact) mass is 235 g/mol. The van der Waals surface area contributed by atoms with E-state index in [2.05, 4.69) is 10.2 Å². The number of hydrogen-bond donors (Lipinski definition) is 1. The van der Waals surface area contributed by atoms with Gasteiger partial charge in [-0.2, -0.15) is 0 Å². The van der Waals surface area contributed by atoms with Gasteiger partial charge < -0.3 is 10.5 Å². The number of nitrogens with zero attached hydrogens (tertiary/aromatic N) is 2. The van der Waals surface area contributed by atoms with Crippen molar-refractivity contribution in [1.82, 2.24) is 10.2 Å². The molecule has 1 aromatic carbocycles. The minimum absolute atomic E-state index is 0.604. The van der Waals surface area contributed by atoms with E-state index in [1.807, 2.05) is 24.3 Å². The lowest BCUT2D eigenvalue weighted by Crippen LogP contribution is -2.01. The molecule has 84 valence electrons. The number of methoxy groups -OCH3 is 1. The molecule has 1 aromatic heterocycles. The van der Waals surface area contributed by atoms with Gasteiger partial charge in [-0.1, -0.05) is 23.5 Å². The smallest absolute Gasteiger partial charge is 0.147 e. The van der Waals surface area contributed by atoms with Crippen molar-refractivity contribution in [2.45, 2.75) is 6.42 Å². The number of hydrogen-bond acceptors (Lipinski definition) is 5. The van der Waals surface area contributed by atoms with Gasteiger partial charge in [0.2, 0.25) is 0 Å². The van der Waals surface area contributed by atoms with Gasteiger partial charge in [0.15, 0.2) is 0 Å². The van der Waals surface area contributed by atoms with Crippen LogP contribution >= 0.6 is 11.3 Å². The molecule has 0 amide bonds. The maximum absolute atomic E-state index is 5.47. The summed E-state index contributed by atoms with van der Waals surface area (Å²) >= 11 is 1.57. The predicted octanol–water partition coefficient (Wildman–Crippen LogP) is 1.71. The van der Waals surface area contributed by atoms with Gasteiger partial charge in [-0.3, -0.25) is 0 Å². The molecule has 0 aliphatic carbocycles. The lowest BCUT2D eigenvalue weighted by molar-refractivity contribution is 0.415. The third kappa shape index (κ3) is 2.37. The van der Waals surface area contributed by atoms with E-state index in [0.717, 1.165) is 27.7 Å². The first-order chi connectivity index (χ1) is 7.83. The minimum Gasteiger partial charge on any atom is -0.497 e. The highest BCUT2D eigenvalue weighted by Crippen LogP contribution is 2.26. The lowest BCUT2D eigenvalue weighted by atomic mass is 10.2. The van der Waals surface area contributed by atoms with Crippen molar-refractivity contribution in [3.63, 3.8) is 0 Å². The Labute approximate surface area is 98.1 Å². The van der Waals surface area contributed by atoms with Crippen LogP contribution in [0.25, 0.3) is 10.6 Å². The number of nitrogens with two attached hydrogens (primary N) is 1. The van der Waals surface area contributed by atoms with Gasteiger partial charge in [0.05, 0.1) is 7.11 Å². The normalized spacial score (nSPS) is 10.4. The first-order valence-electron chi connectivity index (χ1n) is 5.00. The Balaban J connectivity index is 2.27. The standard InChI is InChI=1S/C11H13N3OS/c1-15-9-4-2-3-8(7-9)11-14-13-10(16-11)5-6-12/h2-4,7H,5-6,12H2,1H3. The fourth-order valence-corrected chi connectivity index (χ4v) is 2.20. The Kier molecular flexibility index (Phi) is 3.48. The van der Waals surface area contributed by atoms with E-state index >= 15 is 0 Å². The summed E-state index contributed by atoms with van der Waals surface area (Å²) in [5.74, 6) is 0.827. The summed E-state index contributed by atoms with van der Waals surface area (Å²) < 4.78 is 5.17. The second-order valence-electron chi connectivity index (χ2n) is 3.27. The van der Waals surface area contributed by atoms with Crippen LogP contribution in [0.4, 0.5) is 0 Å². The molecule has 4 nitrogen and oxygen atoms in total. The summed E-state index contributed by atoms with van der Waals surface area (Å²) in [4.78, 5) is 0. The molecule has 0 atom stereocenters. The van der Waals surface area contributed by atoms with Crippen LogP contribution in [0.15, 0.2) is 24.3 Å². The number of benzene rings is 1. The lowest BCUT2D eigenvalue weighted by Gasteiger charge is -2.00. The van der Waals surface area contributed by atoms with Crippen molar-refractivity contribution in [2.75, 3.05) is 13.7 Å². The molecule has 0 saturated heterocycles. The zero-order chi connectivity index (χ0) is 11.4. The molecule has 0 aliphatic heterocycles. The Morgan fingerprint density at radius 3 is 3.00 bits per heavy atom. The van der Waals surface area contributed by atoms with Crippen LogP contribution in [0.5, 0.6) is 5.75 Å². The third-order valence-electron chi connectivity index (χ3n) is 2.14. The van der Waals surface area contributed by atoms with Crippen molar-refractivity contribution in [1.29, 1.82) is 0 Å². The maximum atomic E-state index is 5.47. The predicted molar refractivity (Wildman–Crippen MR) is 64.7 cm³/mol. The molecule has 1 heterocycles. The fraction of sp³-hybridized carbons (Fsp3) is 0.273. The molecule has 2 aromatic rings. The second kappa shape index (κ2) is 5.05. The van der Waals surface area contributed by atoms with Crippen molar-refractivity contribution in [3.05, 3.63) is 29.3 Å². The van der Waals surface area contributed by atoms with Crippen LogP contribution in [0, 0.1) is 0 Å². The number of aromatic nitrogens is 2. The van der Waals surface area contributed by atoms with Crippen LogP contribution < -0.4 is 10.5 Å². The molecule has 0 saturated carbocycles. The van der Waals surface area contributed by atoms with Crippen LogP contribution in [-0.2, 0) is 6.42 Å². The van der Waals surface area contributed by atoms with E-state index in [4.69, 9.17) is 10.5 Å². The Morgan fingerprint density at radius 2 is 2.25 bits per heavy atom. The molecular weight excluding hydrogens is 222 g/mol. The van der Waals surface area contributed by atoms with Crippen molar-refractivity contribution < 1.29 is 4.74 Å². The van der Waals surface area contributed by atoms with E-state index < -0.39 is 0 Å². The molecule has 2 N–H and O–H groups in total. The van der Waals surface area contributed by atoms with E-state index in [0.29, 0.717) is 6.54 Å². The summed E-state index contributed by atoms with van der Waals surface area (Å²) in [6, 6.07) is 7.80. The van der Waals surface area contributed by atoms with Crippen LogP contribution in [0.3, 0.4) is 0 Å². The largest absolute Gasteiger partial charge is 0.497 e. The Bertz CT molecular complexity index is 470. The van der Waals surface area contributed by atoms with E-state index in [9.17, 15) is 0 Å². The summed E-state index contributed by atoms with van der Waals surface area (Å²) in [7, 11) is 1.65. The summed E-state index contributed by atoms with van der Waals surface area (Å²) in [6.07, 6.45) is 0.779. The van der Waals surface area contributed by atoms with Gasteiger partial charge in [-0.25, -0.2) is 0 Å². The van der Waals surface area contributed by atoms with E-state index in [1.54, 1.807) is 18.4 Å². The second-order valence-corrected chi connectivity index (χ2v) is 4.33. The maximum Gasteiger partial charge on any atom is 0.147 e. The summed E-state index contributed by atoms with van der Waals surface area (Å²) in [5, 5.41) is 10.1. The zero-order valence-corrected chi connectivity index (χ0v) is 9.83. The van der Waals surface area contributed by atoms with Crippen molar-refractivity contribution in [3.8, 4) is 16.3 Å². The highest BCUT2D eigenvalue weighted by atomic mass is 32.1. The molecule has 0 radical (unpaired) electrons. The molecule has 0 aliphatic rings. The molecule has 0 spiro atoms. The van der Waals surface area contributed by atoms with Gasteiger partial charge in [-0.05, 0) is 18.7 Å². The summed E-state index contributed by atoms with van der Waals surface area (Å²) in [5.41, 5.74) is 6.50. The first-order valence-corrected chi connectivity index (χ1v) is 5.82. The molecule has 0 unspecified atom stereocenters. The Morgan fingerprint density at radius 1 is 1.38 bits per heavy atom. The zero-order valence-electron chi connectivity index (χ0n) is 9.01. The van der Waals surface area contributed by atoms with Crippen molar-refractivity contribution in [2.24, 2.45) is 5.73 Å². The van der Waals surface area contributed by atoms with Gasteiger partial charge in [-0.15, -0.1) is 10.2 Å². The van der Waals surface area contributed by atoms with Gasteiger partial charge >= 0.3 is 0 Å². The number of ether oxygens (including phenoxy) is 1. The Hall–Kier alpha value is -1.46. The molecule has 0 bridgehead atoms. The van der Waals surface area contributed by atoms with Gasteiger partial charge in [0.1, 0.15) is 15.8 Å². The summed E-state index contributed by atoms with van der Waals surface area (Å²) in [6.45, 7) is 0.604. The van der Waals surface area contributed by atoms with Crippen LogP contribution in [0.2, 0.25) is 0 Å². The molecule has 0 fully saturated rings. The average molecular weight is 235 g/mol. The fourth-order valence-electron chi connectivity index (χ4n) is 1.35. The number of rotatable bonds is 4. The quantitative estimate of drug-likeness (QED) is 0.876. The van der Waals surface area contributed by atoms with Crippen LogP contribution in [0.1, 0.15) is 5.01 Å². The average Bonchev–Trinajstić information content (AvgIpc) is 2.78. The first kappa shape index (κ1) is 11.0. The third-order valence-corrected chi connectivity index (χ3v) is 3.17. The van der Waals surface area contributed by atoms with E-state index in [1.165, 1.54) is 0 Å². The highest BCUT2D eigenvalue weighted by Gasteiger charge is 2.06. The van der Waals surface area contributed by atoms with Crippen molar-refractivity contribution >= 4 is 11.3 Å². The van der Waals surface area contributed by atoms with Crippen LogP contribution in [-0.4, -0.2) is 23.9 Å². The molecule has 2 rings (SSSR count). The van der Waals surface area contributed by atoms with E-state index in [-0.39, 0.29) is 0 Å². The topological polar surface area (TPSA) is 61.0 Å². The van der Waals surface area contributed by atoms with Gasteiger partial charge in [0.25, 0.3) is 0 Å². The molecule has 16 heavy (non-hydrogen) atoms.